The zero-order valence-corrected chi connectivity index (χ0v) is 48.3. The molecule has 11 aromatic rings. The Balaban J connectivity index is 1.08. The van der Waals surface area contributed by atoms with E-state index in [0.717, 1.165) is 34.1 Å². The molecule has 2 nitrogen and oxygen atoms in total. The van der Waals surface area contributed by atoms with E-state index >= 15 is 0 Å². The Morgan fingerprint density at radius 2 is 0.557 bits per heavy atom. The van der Waals surface area contributed by atoms with Gasteiger partial charge in [-0.05, 0) is 200 Å². The maximum Gasteiger partial charge on any atom is 0.0465 e. The molecule has 1 unspecified atom stereocenters. The second-order valence-corrected chi connectivity index (χ2v) is 26.3. The van der Waals surface area contributed by atoms with E-state index in [1.54, 1.807) is 0 Å². The average molecular weight is 1030 g/mol. The molecule has 0 heterocycles. The predicted octanol–water partition coefficient (Wildman–Crippen LogP) is 22.1. The Morgan fingerprint density at radius 1 is 0.241 bits per heavy atom. The van der Waals surface area contributed by atoms with Crippen molar-refractivity contribution in [2.24, 2.45) is 0 Å². The molecule has 0 bridgehead atoms. The Morgan fingerprint density at radius 3 is 0.962 bits per heavy atom. The summed E-state index contributed by atoms with van der Waals surface area (Å²) in [5.41, 5.74) is 21.1. The van der Waals surface area contributed by atoms with Gasteiger partial charge in [-0.1, -0.05) is 223 Å². The van der Waals surface area contributed by atoms with Gasteiger partial charge < -0.3 is 9.80 Å². The fraction of sp³-hybridized carbons (Fsp3) is 0.221. The Labute approximate surface area is 470 Å². The van der Waals surface area contributed by atoms with Gasteiger partial charge in [-0.25, -0.2) is 0 Å². The fourth-order valence-electron chi connectivity index (χ4n) is 12.3. The first kappa shape index (κ1) is 51.6. The summed E-state index contributed by atoms with van der Waals surface area (Å²) in [5, 5.41) is 7.74. The minimum absolute atomic E-state index is 0.0257. The standard InChI is InChI=1S/C77H74N2/c1-74(2,3)51-27-37-56(38-28-51)78(57-39-29-52(30-40-57)75(4,5)6)55-35-25-50(26-36-55)61-46-45-60(79(58-41-31-53(32-42-58)76(7,8)9)59-43-33-54(34-44-59)77(10,11)12)47-71(61)73-67-24-18-17-23-66(67)70-48-68-64-21-15-13-19-62(64)63-20-14-16-22-65(63)69(68)49-72(70)73/h13-49,73H,1-12H3. The summed E-state index contributed by atoms with van der Waals surface area (Å²) in [6.07, 6.45) is 0. The molecule has 0 amide bonds. The van der Waals surface area contributed by atoms with Crippen molar-refractivity contribution < 1.29 is 0 Å². The van der Waals surface area contributed by atoms with Gasteiger partial charge in [0.1, 0.15) is 0 Å². The predicted molar refractivity (Wildman–Crippen MR) is 341 cm³/mol. The van der Waals surface area contributed by atoms with Crippen LogP contribution in [-0.4, -0.2) is 0 Å². The lowest BCUT2D eigenvalue weighted by Gasteiger charge is -2.30. The van der Waals surface area contributed by atoms with Crippen LogP contribution in [0.3, 0.4) is 0 Å². The SMILES string of the molecule is CC(C)(C)c1ccc(N(c2ccc(-c3ccc(N(c4ccc(C(C)(C)C)cc4)c4ccc(C(C)(C)C)cc4)cc3C3c4ccccc4-c4cc5c6ccccc6c6ccccc6c5cc43)cc2)c2ccc(C(C)(C)C)cc2)cc1. The number of fused-ring (bicyclic) bond motifs is 9. The summed E-state index contributed by atoms with van der Waals surface area (Å²) in [4.78, 5) is 4.87. The minimum Gasteiger partial charge on any atom is -0.311 e. The molecule has 79 heavy (non-hydrogen) atoms. The molecule has 392 valence electrons. The fourth-order valence-corrected chi connectivity index (χ4v) is 12.3. The van der Waals surface area contributed by atoms with Crippen LogP contribution in [-0.2, 0) is 21.7 Å². The summed E-state index contributed by atoms with van der Waals surface area (Å²) < 4.78 is 0. The third kappa shape index (κ3) is 9.50. The first-order chi connectivity index (χ1) is 37.7. The molecule has 1 atom stereocenters. The van der Waals surface area contributed by atoms with Gasteiger partial charge in [0.2, 0.25) is 0 Å². The maximum absolute atomic E-state index is 2.55. The molecular formula is C77H74N2. The summed E-state index contributed by atoms with van der Waals surface area (Å²) >= 11 is 0. The van der Waals surface area contributed by atoms with E-state index < -0.39 is 0 Å². The van der Waals surface area contributed by atoms with Crippen LogP contribution < -0.4 is 9.80 Å². The summed E-state index contributed by atoms with van der Waals surface area (Å²) in [6.45, 7) is 27.4. The van der Waals surface area contributed by atoms with Crippen LogP contribution in [0, 0.1) is 0 Å². The van der Waals surface area contributed by atoms with Gasteiger partial charge in [-0.2, -0.15) is 0 Å². The number of hydrogen-bond acceptors (Lipinski definition) is 2. The molecule has 0 aromatic heterocycles. The quantitative estimate of drug-likeness (QED) is 0.140. The van der Waals surface area contributed by atoms with Gasteiger partial charge in [0.05, 0.1) is 0 Å². The first-order valence-electron chi connectivity index (χ1n) is 28.4. The number of hydrogen-bond donors (Lipinski definition) is 0. The van der Waals surface area contributed by atoms with Crippen LogP contribution in [0.15, 0.2) is 224 Å². The summed E-state index contributed by atoms with van der Waals surface area (Å²) in [6, 6.07) is 85.6. The van der Waals surface area contributed by atoms with Gasteiger partial charge in [-0.15, -0.1) is 0 Å². The summed E-state index contributed by atoms with van der Waals surface area (Å²) in [7, 11) is 0. The number of rotatable bonds is 8. The van der Waals surface area contributed by atoms with Crippen molar-refractivity contribution in [3.05, 3.63) is 263 Å². The molecule has 0 fully saturated rings. The van der Waals surface area contributed by atoms with E-state index in [9.17, 15) is 0 Å². The second-order valence-electron chi connectivity index (χ2n) is 26.3. The van der Waals surface area contributed by atoms with Crippen LogP contribution in [0.25, 0.3) is 54.6 Å². The van der Waals surface area contributed by atoms with Gasteiger partial charge in [0.15, 0.2) is 0 Å². The van der Waals surface area contributed by atoms with Crippen molar-refractivity contribution >= 4 is 66.4 Å². The Kier molecular flexibility index (Phi) is 12.6. The first-order valence-corrected chi connectivity index (χ1v) is 28.4. The van der Waals surface area contributed by atoms with Crippen molar-refractivity contribution in [3.8, 4) is 22.3 Å². The minimum atomic E-state index is -0.0528. The highest BCUT2D eigenvalue weighted by Gasteiger charge is 2.34. The van der Waals surface area contributed by atoms with Gasteiger partial charge in [0.25, 0.3) is 0 Å². The Hall–Kier alpha value is -8.20. The zero-order chi connectivity index (χ0) is 55.2. The lowest BCUT2D eigenvalue weighted by Crippen LogP contribution is -2.15. The molecule has 1 aliphatic carbocycles. The van der Waals surface area contributed by atoms with Crippen molar-refractivity contribution in [1.29, 1.82) is 0 Å². The number of anilines is 6. The zero-order valence-electron chi connectivity index (χ0n) is 48.3. The average Bonchev–Trinajstić information content (AvgIpc) is 3.47. The van der Waals surface area contributed by atoms with E-state index in [1.165, 1.54) is 93.5 Å². The van der Waals surface area contributed by atoms with Gasteiger partial charge >= 0.3 is 0 Å². The lowest BCUT2D eigenvalue weighted by atomic mass is 9.82. The third-order valence-electron chi connectivity index (χ3n) is 16.8. The van der Waals surface area contributed by atoms with E-state index in [-0.39, 0.29) is 27.6 Å². The highest BCUT2D eigenvalue weighted by Crippen LogP contribution is 2.54. The van der Waals surface area contributed by atoms with Crippen molar-refractivity contribution in [2.45, 2.75) is 111 Å². The van der Waals surface area contributed by atoms with Crippen LogP contribution in [0.2, 0.25) is 0 Å². The molecule has 0 saturated heterocycles. The second kappa shape index (κ2) is 19.3. The molecule has 1 aliphatic rings. The highest BCUT2D eigenvalue weighted by atomic mass is 15.1. The normalized spacial score (nSPS) is 13.7. The Bertz CT molecular complexity index is 3940. The van der Waals surface area contributed by atoms with E-state index in [4.69, 9.17) is 0 Å². The number of nitrogens with zero attached hydrogens (tertiary/aromatic N) is 2. The maximum atomic E-state index is 2.55. The van der Waals surface area contributed by atoms with Gasteiger partial charge in [0, 0.05) is 40.0 Å². The largest absolute Gasteiger partial charge is 0.311 e. The smallest absolute Gasteiger partial charge is 0.0465 e. The van der Waals surface area contributed by atoms with Crippen LogP contribution in [0.1, 0.15) is 128 Å². The monoisotopic (exact) mass is 1030 g/mol. The molecule has 0 saturated carbocycles. The molecule has 0 aliphatic heterocycles. The van der Waals surface area contributed by atoms with E-state index in [2.05, 4.69) is 317 Å². The van der Waals surface area contributed by atoms with Crippen LogP contribution in [0.5, 0.6) is 0 Å². The van der Waals surface area contributed by atoms with E-state index in [1.807, 2.05) is 0 Å². The van der Waals surface area contributed by atoms with Crippen molar-refractivity contribution in [1.82, 2.24) is 0 Å². The molecule has 2 heteroatoms. The van der Waals surface area contributed by atoms with Crippen LogP contribution in [0.4, 0.5) is 34.1 Å². The van der Waals surface area contributed by atoms with Gasteiger partial charge in [-0.3, -0.25) is 0 Å². The molecule has 0 radical (unpaired) electrons. The van der Waals surface area contributed by atoms with Crippen molar-refractivity contribution in [2.75, 3.05) is 9.80 Å². The topological polar surface area (TPSA) is 6.48 Å². The number of benzene rings is 11. The molecular weight excluding hydrogens is 953 g/mol. The summed E-state index contributed by atoms with van der Waals surface area (Å²) in [5.74, 6) is -0.0528. The lowest BCUT2D eigenvalue weighted by molar-refractivity contribution is 0.590. The molecule has 11 aromatic carbocycles. The van der Waals surface area contributed by atoms with Crippen molar-refractivity contribution in [3.63, 3.8) is 0 Å². The van der Waals surface area contributed by atoms with Crippen LogP contribution >= 0.6 is 0 Å². The van der Waals surface area contributed by atoms with E-state index in [0.29, 0.717) is 0 Å². The molecule has 0 spiro atoms. The molecule has 0 N–H and O–H groups in total. The molecule has 12 rings (SSSR count). The third-order valence-corrected chi connectivity index (χ3v) is 16.8. The highest BCUT2D eigenvalue weighted by molar-refractivity contribution is 6.26.